The van der Waals surface area contributed by atoms with Gasteiger partial charge in [0.25, 0.3) is 5.89 Å². The van der Waals surface area contributed by atoms with Crippen molar-refractivity contribution in [3.05, 3.63) is 29.6 Å². The first kappa shape index (κ1) is 14.1. The van der Waals surface area contributed by atoms with Gasteiger partial charge in [-0.15, -0.1) is 0 Å². The van der Waals surface area contributed by atoms with Gasteiger partial charge in [0, 0.05) is 12.3 Å². The molecular weight excluding hydrogens is 266 g/mol. The second kappa shape index (κ2) is 5.48. The number of ether oxygens (including phenoxy) is 1. The van der Waals surface area contributed by atoms with E-state index in [1.807, 2.05) is 32.0 Å². The second-order valence-corrected chi connectivity index (χ2v) is 5.65. The van der Waals surface area contributed by atoms with E-state index in [-0.39, 0.29) is 5.60 Å². The van der Waals surface area contributed by atoms with Crippen LogP contribution < -0.4 is 5.73 Å². The lowest BCUT2D eigenvalue weighted by molar-refractivity contribution is -0.0469. The van der Waals surface area contributed by atoms with Gasteiger partial charge in [-0.05, 0) is 51.7 Å². The Morgan fingerprint density at radius 2 is 2.10 bits per heavy atom. The number of hydrogen-bond donors (Lipinski definition) is 1. The largest absolute Gasteiger partial charge is 0.398 e. The van der Waals surface area contributed by atoms with Gasteiger partial charge in [0.15, 0.2) is 0 Å². The smallest absolute Gasteiger partial charge is 0.260 e. The Hall–Kier alpha value is -1.88. The molecule has 0 atom stereocenters. The zero-order valence-corrected chi connectivity index (χ0v) is 12.6. The number of benzene rings is 1. The molecule has 2 aromatic rings. The molecule has 0 aliphatic heterocycles. The lowest BCUT2D eigenvalue weighted by atomic mass is 10.0. The molecule has 0 unspecified atom stereocenters. The molecular formula is C16H21N3O2. The third-order valence-corrected chi connectivity index (χ3v) is 4.10. The summed E-state index contributed by atoms with van der Waals surface area (Å²) < 4.78 is 11.4. The molecule has 1 aliphatic rings. The first-order valence-electron chi connectivity index (χ1n) is 7.49. The molecule has 1 heterocycles. The molecule has 3 rings (SSSR count). The molecule has 1 aromatic heterocycles. The number of aromatic nitrogens is 2. The molecule has 1 saturated carbocycles. The van der Waals surface area contributed by atoms with Crippen molar-refractivity contribution >= 4 is 5.69 Å². The maximum absolute atomic E-state index is 6.02. The van der Waals surface area contributed by atoms with Crippen LogP contribution in [0, 0.1) is 6.92 Å². The fraction of sp³-hybridized carbons (Fsp3) is 0.500. The third kappa shape index (κ3) is 2.53. The minimum Gasteiger partial charge on any atom is -0.398 e. The number of nitrogen functional groups attached to an aromatic ring is 1. The molecule has 0 amide bonds. The standard InChI is InChI=1S/C16H21N3O2/c1-3-20-16(8-4-5-9-16)15-18-14(21-19-15)12-10-11(2)6-7-13(12)17/h6-7,10H,3-5,8-9,17H2,1-2H3. The van der Waals surface area contributed by atoms with E-state index in [4.69, 9.17) is 15.0 Å². The topological polar surface area (TPSA) is 74.2 Å². The van der Waals surface area contributed by atoms with E-state index in [1.165, 1.54) is 0 Å². The average molecular weight is 287 g/mol. The van der Waals surface area contributed by atoms with Crippen LogP contribution in [0.3, 0.4) is 0 Å². The van der Waals surface area contributed by atoms with E-state index in [9.17, 15) is 0 Å². The fourth-order valence-electron chi connectivity index (χ4n) is 3.03. The summed E-state index contributed by atoms with van der Waals surface area (Å²) in [5, 5.41) is 4.17. The highest BCUT2D eigenvalue weighted by Gasteiger charge is 2.41. The second-order valence-electron chi connectivity index (χ2n) is 5.65. The van der Waals surface area contributed by atoms with E-state index in [0.717, 1.165) is 36.8 Å². The molecule has 0 saturated heterocycles. The molecule has 5 heteroatoms. The number of aryl methyl sites for hydroxylation is 1. The highest BCUT2D eigenvalue weighted by molar-refractivity contribution is 5.71. The van der Waals surface area contributed by atoms with Crippen LogP contribution in [-0.4, -0.2) is 16.7 Å². The van der Waals surface area contributed by atoms with Gasteiger partial charge in [-0.2, -0.15) is 4.98 Å². The molecule has 112 valence electrons. The Balaban J connectivity index is 1.97. The highest BCUT2D eigenvalue weighted by atomic mass is 16.5. The molecule has 2 N–H and O–H groups in total. The van der Waals surface area contributed by atoms with Crippen LogP contribution in [0.25, 0.3) is 11.5 Å². The van der Waals surface area contributed by atoms with Gasteiger partial charge in [0.1, 0.15) is 5.60 Å². The van der Waals surface area contributed by atoms with Crippen LogP contribution in [0.15, 0.2) is 22.7 Å². The summed E-state index contributed by atoms with van der Waals surface area (Å²) in [5.41, 5.74) is 8.18. The summed E-state index contributed by atoms with van der Waals surface area (Å²) in [4.78, 5) is 4.57. The Kier molecular flexibility index (Phi) is 3.68. The first-order valence-corrected chi connectivity index (χ1v) is 7.49. The molecule has 1 fully saturated rings. The van der Waals surface area contributed by atoms with Crippen LogP contribution in [0.5, 0.6) is 0 Å². The third-order valence-electron chi connectivity index (χ3n) is 4.10. The van der Waals surface area contributed by atoms with Crippen molar-refractivity contribution in [2.45, 2.75) is 45.1 Å². The Morgan fingerprint density at radius 1 is 1.33 bits per heavy atom. The van der Waals surface area contributed by atoms with Crippen LogP contribution >= 0.6 is 0 Å². The quantitative estimate of drug-likeness (QED) is 0.872. The van der Waals surface area contributed by atoms with E-state index in [0.29, 0.717) is 24.0 Å². The lowest BCUT2D eigenvalue weighted by Crippen LogP contribution is -2.27. The SMILES string of the molecule is CCOC1(c2noc(-c3cc(C)ccc3N)n2)CCCC1. The molecule has 0 radical (unpaired) electrons. The Labute approximate surface area is 124 Å². The van der Waals surface area contributed by atoms with E-state index in [2.05, 4.69) is 10.1 Å². The van der Waals surface area contributed by atoms with Gasteiger partial charge in [-0.25, -0.2) is 0 Å². The summed E-state index contributed by atoms with van der Waals surface area (Å²) in [6, 6.07) is 5.80. The molecule has 5 nitrogen and oxygen atoms in total. The zero-order valence-electron chi connectivity index (χ0n) is 12.6. The van der Waals surface area contributed by atoms with Crippen molar-refractivity contribution in [1.29, 1.82) is 0 Å². The summed E-state index contributed by atoms with van der Waals surface area (Å²) in [5.74, 6) is 1.12. The molecule has 0 bridgehead atoms. The first-order chi connectivity index (χ1) is 10.1. The van der Waals surface area contributed by atoms with Crippen molar-refractivity contribution in [1.82, 2.24) is 10.1 Å². The minimum atomic E-state index is -0.380. The Morgan fingerprint density at radius 3 is 2.81 bits per heavy atom. The monoisotopic (exact) mass is 287 g/mol. The molecule has 21 heavy (non-hydrogen) atoms. The van der Waals surface area contributed by atoms with Crippen molar-refractivity contribution in [2.75, 3.05) is 12.3 Å². The van der Waals surface area contributed by atoms with Crippen molar-refractivity contribution in [2.24, 2.45) is 0 Å². The molecule has 1 aliphatic carbocycles. The number of anilines is 1. The summed E-state index contributed by atoms with van der Waals surface area (Å²) in [6.07, 6.45) is 4.17. The van der Waals surface area contributed by atoms with Crippen molar-refractivity contribution < 1.29 is 9.26 Å². The summed E-state index contributed by atoms with van der Waals surface area (Å²) in [6.45, 7) is 4.66. The van der Waals surface area contributed by atoms with Gasteiger partial charge < -0.3 is 15.0 Å². The van der Waals surface area contributed by atoms with Crippen LogP contribution in [0.4, 0.5) is 5.69 Å². The molecule has 0 spiro atoms. The minimum absolute atomic E-state index is 0.380. The van der Waals surface area contributed by atoms with Gasteiger partial charge in [0.05, 0.1) is 5.56 Å². The summed E-state index contributed by atoms with van der Waals surface area (Å²) >= 11 is 0. The summed E-state index contributed by atoms with van der Waals surface area (Å²) in [7, 11) is 0. The van der Waals surface area contributed by atoms with Crippen molar-refractivity contribution in [3.8, 4) is 11.5 Å². The van der Waals surface area contributed by atoms with Gasteiger partial charge in [0.2, 0.25) is 5.82 Å². The number of nitrogens with zero attached hydrogens (tertiary/aromatic N) is 2. The normalized spacial score (nSPS) is 17.2. The lowest BCUT2D eigenvalue weighted by Gasteiger charge is -2.24. The van der Waals surface area contributed by atoms with E-state index in [1.54, 1.807) is 0 Å². The average Bonchev–Trinajstić information content (AvgIpc) is 3.11. The number of nitrogens with two attached hydrogens (primary N) is 1. The van der Waals surface area contributed by atoms with Gasteiger partial charge in [-0.1, -0.05) is 16.8 Å². The van der Waals surface area contributed by atoms with Crippen LogP contribution in [0.1, 0.15) is 44.0 Å². The van der Waals surface area contributed by atoms with Gasteiger partial charge >= 0.3 is 0 Å². The van der Waals surface area contributed by atoms with Crippen molar-refractivity contribution in [3.63, 3.8) is 0 Å². The maximum Gasteiger partial charge on any atom is 0.260 e. The predicted octanol–water partition coefficient (Wildman–Crippen LogP) is 3.43. The fourth-order valence-corrected chi connectivity index (χ4v) is 3.03. The van der Waals surface area contributed by atoms with Crippen LogP contribution in [0.2, 0.25) is 0 Å². The Bertz CT molecular complexity index is 630. The number of hydrogen-bond acceptors (Lipinski definition) is 5. The van der Waals surface area contributed by atoms with E-state index < -0.39 is 0 Å². The van der Waals surface area contributed by atoms with Gasteiger partial charge in [-0.3, -0.25) is 0 Å². The highest BCUT2D eigenvalue weighted by Crippen LogP contribution is 2.41. The zero-order chi connectivity index (χ0) is 14.9. The number of rotatable bonds is 4. The maximum atomic E-state index is 6.02. The predicted molar refractivity (Wildman–Crippen MR) is 80.7 cm³/mol. The molecule has 1 aromatic carbocycles. The van der Waals surface area contributed by atoms with E-state index >= 15 is 0 Å². The van der Waals surface area contributed by atoms with Crippen LogP contribution in [-0.2, 0) is 10.3 Å².